The zero-order chi connectivity index (χ0) is 20.8. The Hall–Kier alpha value is -2.83. The summed E-state index contributed by atoms with van der Waals surface area (Å²) in [6.45, 7) is 4.85. The number of aromatic nitrogens is 2. The lowest BCUT2D eigenvalue weighted by molar-refractivity contribution is -0.133. The maximum atomic E-state index is 12.5. The molecule has 7 nitrogen and oxygen atoms in total. The highest BCUT2D eigenvalue weighted by molar-refractivity contribution is 5.78. The molecule has 2 aliphatic rings. The van der Waals surface area contributed by atoms with Crippen LogP contribution in [0, 0.1) is 6.92 Å². The molecule has 1 aromatic heterocycles. The molecule has 0 N–H and O–H groups in total. The molecule has 0 radical (unpaired) electrons. The molecule has 7 heteroatoms. The molecule has 1 aromatic carbocycles. The Bertz CT molecular complexity index is 811. The van der Waals surface area contributed by atoms with Gasteiger partial charge in [-0.15, -0.1) is 10.2 Å². The van der Waals surface area contributed by atoms with Crippen molar-refractivity contribution >= 4 is 11.7 Å². The van der Waals surface area contributed by atoms with Gasteiger partial charge in [0.15, 0.2) is 12.4 Å². The molecule has 2 aromatic rings. The number of rotatable bonds is 6. The maximum Gasteiger partial charge on any atom is 0.260 e. The Morgan fingerprint density at radius 2 is 1.70 bits per heavy atom. The van der Waals surface area contributed by atoms with E-state index < -0.39 is 0 Å². The van der Waals surface area contributed by atoms with E-state index in [2.05, 4.69) is 15.1 Å². The summed E-state index contributed by atoms with van der Waals surface area (Å²) >= 11 is 0. The number of nitrogens with zero attached hydrogens (tertiary/aromatic N) is 4. The number of hydrogen-bond donors (Lipinski definition) is 0. The van der Waals surface area contributed by atoms with Gasteiger partial charge < -0.3 is 19.3 Å². The fraction of sp³-hybridized carbons (Fsp3) is 0.522. The second kappa shape index (κ2) is 9.78. The summed E-state index contributed by atoms with van der Waals surface area (Å²) < 4.78 is 11.6. The lowest BCUT2D eigenvalue weighted by Gasteiger charge is -2.35. The van der Waals surface area contributed by atoms with E-state index in [-0.39, 0.29) is 18.6 Å². The van der Waals surface area contributed by atoms with Crippen LogP contribution in [0.2, 0.25) is 0 Å². The Balaban J connectivity index is 1.22. The monoisotopic (exact) mass is 410 g/mol. The average molecular weight is 411 g/mol. The molecule has 0 unspecified atom stereocenters. The Morgan fingerprint density at radius 1 is 0.967 bits per heavy atom. The summed E-state index contributed by atoms with van der Waals surface area (Å²) in [6.07, 6.45) is 6.25. The zero-order valence-electron chi connectivity index (χ0n) is 17.6. The van der Waals surface area contributed by atoms with Gasteiger partial charge in [-0.2, -0.15) is 0 Å². The van der Waals surface area contributed by atoms with E-state index in [1.54, 1.807) is 0 Å². The number of ether oxygens (including phenoxy) is 2. The number of aryl methyl sites for hydroxylation is 1. The second-order valence-corrected chi connectivity index (χ2v) is 8.08. The van der Waals surface area contributed by atoms with Gasteiger partial charge in [0.1, 0.15) is 11.9 Å². The average Bonchev–Trinajstić information content (AvgIpc) is 2.80. The van der Waals surface area contributed by atoms with Crippen LogP contribution in [0.1, 0.15) is 37.7 Å². The molecule has 2 heterocycles. The summed E-state index contributed by atoms with van der Waals surface area (Å²) in [4.78, 5) is 16.5. The van der Waals surface area contributed by atoms with Gasteiger partial charge in [0.2, 0.25) is 5.88 Å². The lowest BCUT2D eigenvalue weighted by Crippen LogP contribution is -2.50. The van der Waals surface area contributed by atoms with Crippen molar-refractivity contribution < 1.29 is 14.3 Å². The van der Waals surface area contributed by atoms with Gasteiger partial charge >= 0.3 is 0 Å². The van der Waals surface area contributed by atoms with Crippen molar-refractivity contribution in [3.63, 3.8) is 0 Å². The first-order valence-corrected chi connectivity index (χ1v) is 10.9. The van der Waals surface area contributed by atoms with Crippen molar-refractivity contribution in [1.29, 1.82) is 0 Å². The van der Waals surface area contributed by atoms with Crippen LogP contribution in [-0.4, -0.2) is 59.9 Å². The van der Waals surface area contributed by atoms with Crippen molar-refractivity contribution in [3.8, 4) is 11.6 Å². The molecule has 0 spiro atoms. The molecule has 2 fully saturated rings. The third-order valence-corrected chi connectivity index (χ3v) is 5.81. The van der Waals surface area contributed by atoms with Gasteiger partial charge in [0.25, 0.3) is 5.91 Å². The molecule has 1 aliphatic carbocycles. The predicted octanol–water partition coefficient (Wildman–Crippen LogP) is 3.22. The first-order chi connectivity index (χ1) is 14.7. The Kier molecular flexibility index (Phi) is 6.67. The largest absolute Gasteiger partial charge is 0.484 e. The summed E-state index contributed by atoms with van der Waals surface area (Å²) in [5.41, 5.74) is 1.17. The Labute approximate surface area is 178 Å². The number of anilines is 1. The number of hydrogen-bond acceptors (Lipinski definition) is 6. The predicted molar refractivity (Wildman–Crippen MR) is 115 cm³/mol. The number of carbonyl (C=O) groups is 1. The zero-order valence-corrected chi connectivity index (χ0v) is 17.6. The lowest BCUT2D eigenvalue weighted by atomic mass is 9.98. The van der Waals surface area contributed by atoms with Crippen molar-refractivity contribution in [2.45, 2.75) is 45.1 Å². The molecular formula is C23H30N4O3. The topological polar surface area (TPSA) is 67.8 Å². The molecule has 0 bridgehead atoms. The van der Waals surface area contributed by atoms with E-state index in [9.17, 15) is 4.79 Å². The fourth-order valence-corrected chi connectivity index (χ4v) is 3.95. The van der Waals surface area contributed by atoms with Crippen molar-refractivity contribution in [3.05, 3.63) is 42.0 Å². The highest BCUT2D eigenvalue weighted by Gasteiger charge is 2.23. The molecule has 0 atom stereocenters. The van der Waals surface area contributed by atoms with Crippen LogP contribution < -0.4 is 14.4 Å². The number of benzene rings is 1. The number of amides is 1. The third-order valence-electron chi connectivity index (χ3n) is 5.81. The standard InChI is InChI=1S/C23H30N4O3/c1-18-7-9-19(10-8-18)29-17-23(28)27-15-13-26(14-16-27)21-11-12-22(25-24-21)30-20-5-3-2-4-6-20/h7-12,20H,2-6,13-17H2,1H3. The molecule has 30 heavy (non-hydrogen) atoms. The van der Waals surface area contributed by atoms with Crippen LogP contribution in [0.5, 0.6) is 11.6 Å². The molecule has 1 saturated carbocycles. The third kappa shape index (κ3) is 5.40. The van der Waals surface area contributed by atoms with Crippen molar-refractivity contribution in [1.82, 2.24) is 15.1 Å². The quantitative estimate of drug-likeness (QED) is 0.728. The highest BCUT2D eigenvalue weighted by Crippen LogP contribution is 2.23. The van der Waals surface area contributed by atoms with Crippen LogP contribution in [0.3, 0.4) is 0 Å². The normalized spacial score (nSPS) is 17.6. The Morgan fingerprint density at radius 3 is 2.37 bits per heavy atom. The minimum Gasteiger partial charge on any atom is -0.484 e. The first-order valence-electron chi connectivity index (χ1n) is 10.9. The minimum atomic E-state index is 0.0116. The van der Waals surface area contributed by atoms with Gasteiger partial charge in [-0.05, 0) is 50.8 Å². The maximum absolute atomic E-state index is 12.5. The van der Waals surface area contributed by atoms with Gasteiger partial charge in [-0.1, -0.05) is 24.1 Å². The summed E-state index contributed by atoms with van der Waals surface area (Å²) in [5, 5.41) is 8.60. The molecule has 1 saturated heterocycles. The molecule has 1 aliphatic heterocycles. The fourth-order valence-electron chi connectivity index (χ4n) is 3.95. The molecular weight excluding hydrogens is 380 g/mol. The van der Waals surface area contributed by atoms with Crippen LogP contribution in [0.4, 0.5) is 5.82 Å². The first kappa shape index (κ1) is 20.4. The van der Waals surface area contributed by atoms with E-state index in [1.165, 1.54) is 24.8 Å². The van der Waals surface area contributed by atoms with E-state index in [1.807, 2.05) is 48.2 Å². The number of piperazine rings is 1. The van der Waals surface area contributed by atoms with E-state index >= 15 is 0 Å². The smallest absolute Gasteiger partial charge is 0.260 e. The minimum absolute atomic E-state index is 0.0116. The summed E-state index contributed by atoms with van der Waals surface area (Å²) in [5.74, 6) is 2.16. The summed E-state index contributed by atoms with van der Waals surface area (Å²) in [7, 11) is 0. The van der Waals surface area contributed by atoms with E-state index in [0.29, 0.717) is 19.0 Å². The van der Waals surface area contributed by atoms with E-state index in [4.69, 9.17) is 9.47 Å². The number of carbonyl (C=O) groups excluding carboxylic acids is 1. The second-order valence-electron chi connectivity index (χ2n) is 8.08. The van der Waals surface area contributed by atoms with Crippen LogP contribution >= 0.6 is 0 Å². The highest BCUT2D eigenvalue weighted by atomic mass is 16.5. The van der Waals surface area contributed by atoms with Gasteiger partial charge in [0.05, 0.1) is 0 Å². The van der Waals surface area contributed by atoms with Gasteiger partial charge in [0, 0.05) is 32.2 Å². The molecule has 160 valence electrons. The van der Waals surface area contributed by atoms with Crippen molar-refractivity contribution in [2.24, 2.45) is 0 Å². The molecule has 4 rings (SSSR count). The van der Waals surface area contributed by atoms with E-state index in [0.717, 1.165) is 37.5 Å². The molecule has 1 amide bonds. The van der Waals surface area contributed by atoms with Crippen LogP contribution in [-0.2, 0) is 4.79 Å². The van der Waals surface area contributed by atoms with Crippen molar-refractivity contribution in [2.75, 3.05) is 37.7 Å². The van der Waals surface area contributed by atoms with Gasteiger partial charge in [-0.25, -0.2) is 0 Å². The summed E-state index contributed by atoms with van der Waals surface area (Å²) in [6, 6.07) is 11.6. The SMILES string of the molecule is Cc1ccc(OCC(=O)N2CCN(c3ccc(OC4CCCCC4)nn3)CC2)cc1. The van der Waals surface area contributed by atoms with Crippen LogP contribution in [0.15, 0.2) is 36.4 Å². The van der Waals surface area contributed by atoms with Crippen LogP contribution in [0.25, 0.3) is 0 Å². The van der Waals surface area contributed by atoms with Gasteiger partial charge in [-0.3, -0.25) is 4.79 Å².